The number of fused-ring (bicyclic) bond motifs is 1. The van der Waals surface area contributed by atoms with E-state index in [2.05, 4.69) is 15.6 Å². The number of hydrogen-bond acceptors (Lipinski definition) is 8. The highest BCUT2D eigenvalue weighted by Crippen LogP contribution is 2.35. The summed E-state index contributed by atoms with van der Waals surface area (Å²) in [7, 11) is 0.155. The largest absolute Gasteiger partial charge is 0.493 e. The maximum absolute atomic E-state index is 12.7. The van der Waals surface area contributed by atoms with Crippen molar-refractivity contribution < 1.29 is 22.7 Å². The van der Waals surface area contributed by atoms with Crippen LogP contribution in [0.4, 0.5) is 5.69 Å². The summed E-state index contributed by atoms with van der Waals surface area (Å²) < 4.78 is 34.0. The summed E-state index contributed by atoms with van der Waals surface area (Å²) >= 11 is 7.71. The molecule has 0 bridgehead atoms. The molecule has 0 aliphatic carbocycles. The summed E-state index contributed by atoms with van der Waals surface area (Å²) in [6.07, 6.45) is 0.629. The molecule has 11 heteroatoms. The molecule has 176 valence electrons. The van der Waals surface area contributed by atoms with Gasteiger partial charge in [0.1, 0.15) is 0 Å². The van der Waals surface area contributed by atoms with Gasteiger partial charge in [-0.3, -0.25) is 9.79 Å². The maximum atomic E-state index is 12.7. The lowest BCUT2D eigenvalue weighted by Crippen LogP contribution is -2.25. The van der Waals surface area contributed by atoms with E-state index in [-0.39, 0.29) is 28.7 Å². The molecule has 1 amide bonds. The van der Waals surface area contributed by atoms with Crippen molar-refractivity contribution >= 4 is 50.0 Å². The van der Waals surface area contributed by atoms with E-state index >= 15 is 0 Å². The molecule has 2 aliphatic heterocycles. The fourth-order valence-electron chi connectivity index (χ4n) is 3.75. The summed E-state index contributed by atoms with van der Waals surface area (Å²) in [5.41, 5.74) is 2.02. The lowest BCUT2D eigenvalue weighted by atomic mass is 10.1. The van der Waals surface area contributed by atoms with E-state index in [0.29, 0.717) is 45.9 Å². The number of amides is 1. The smallest absolute Gasteiger partial charge is 0.251 e. The number of benzene rings is 2. The number of sulfone groups is 1. The van der Waals surface area contributed by atoms with Crippen molar-refractivity contribution in [3.63, 3.8) is 0 Å². The molecule has 0 aromatic heterocycles. The number of carbonyl (C=O) groups is 1. The molecule has 0 saturated carbocycles. The van der Waals surface area contributed by atoms with Crippen molar-refractivity contribution in [3.05, 3.63) is 52.5 Å². The van der Waals surface area contributed by atoms with Gasteiger partial charge in [-0.1, -0.05) is 29.4 Å². The van der Waals surface area contributed by atoms with Crippen LogP contribution in [-0.2, 0) is 16.3 Å². The number of ether oxygens (including phenoxy) is 2. The zero-order valence-electron chi connectivity index (χ0n) is 18.1. The Labute approximate surface area is 202 Å². The monoisotopic (exact) mass is 509 g/mol. The molecular formula is C22H24ClN3O5S2. The normalized spacial score (nSPS) is 20.6. The number of nitrogens with one attached hydrogen (secondary N) is 2. The molecule has 0 spiro atoms. The van der Waals surface area contributed by atoms with Crippen molar-refractivity contribution in [3.8, 4) is 11.5 Å². The lowest BCUT2D eigenvalue weighted by Gasteiger charge is -2.12. The topological polar surface area (TPSA) is 106 Å². The molecule has 4 rings (SSSR count). The number of methoxy groups -OCH3 is 2. The van der Waals surface area contributed by atoms with E-state index < -0.39 is 9.84 Å². The van der Waals surface area contributed by atoms with Gasteiger partial charge < -0.3 is 20.1 Å². The minimum atomic E-state index is -3.01. The molecule has 2 aromatic carbocycles. The minimum Gasteiger partial charge on any atom is -0.493 e. The zero-order valence-corrected chi connectivity index (χ0v) is 20.5. The third-order valence-electron chi connectivity index (χ3n) is 5.44. The third-order valence-corrected chi connectivity index (χ3v) is 8.91. The van der Waals surface area contributed by atoms with Gasteiger partial charge in [0, 0.05) is 17.4 Å². The quantitative estimate of drug-likeness (QED) is 0.591. The van der Waals surface area contributed by atoms with Crippen LogP contribution in [0.3, 0.4) is 0 Å². The van der Waals surface area contributed by atoms with Crippen molar-refractivity contribution in [2.24, 2.45) is 4.99 Å². The van der Waals surface area contributed by atoms with E-state index in [1.54, 1.807) is 32.4 Å². The maximum Gasteiger partial charge on any atom is 0.251 e. The first-order valence-electron chi connectivity index (χ1n) is 10.3. The fourth-order valence-corrected chi connectivity index (χ4v) is 7.58. The molecule has 2 atom stereocenters. The molecule has 0 radical (unpaired) electrons. The van der Waals surface area contributed by atoms with Crippen molar-refractivity contribution in [1.29, 1.82) is 0 Å². The summed E-state index contributed by atoms with van der Waals surface area (Å²) in [6, 6.07) is 10.4. The van der Waals surface area contributed by atoms with Crippen LogP contribution in [0.1, 0.15) is 15.9 Å². The van der Waals surface area contributed by atoms with E-state index in [0.717, 1.165) is 5.56 Å². The molecule has 8 nitrogen and oxygen atoms in total. The number of anilines is 1. The molecule has 2 aromatic rings. The van der Waals surface area contributed by atoms with Crippen LogP contribution in [0.25, 0.3) is 0 Å². The number of thioether (sulfide) groups is 1. The summed E-state index contributed by atoms with van der Waals surface area (Å²) in [5.74, 6) is 1.28. The van der Waals surface area contributed by atoms with Crippen molar-refractivity contribution in [1.82, 2.24) is 5.32 Å². The van der Waals surface area contributed by atoms with Crippen LogP contribution in [0.2, 0.25) is 5.02 Å². The predicted molar refractivity (Wildman–Crippen MR) is 132 cm³/mol. The standard InChI is InChI=1S/C22H24ClN3O5S2/c1-30-18-6-3-13(9-19(18)31-2)7-8-24-21(27)14-4-5-15(23)16(10-14)25-22-26-17-11-33(28,29)12-20(17)32-22/h3-6,9-10,17,20H,7-8,11-12H2,1-2H3,(H,24,27)(H,25,26)/t17-,20+/m1/s1. The SMILES string of the molecule is COc1ccc(CCNC(=O)c2ccc(Cl)c(NC3=N[C@@H]4CS(=O)(=O)C[C@@H]4S3)c2)cc1OC. The minimum absolute atomic E-state index is 0.0701. The number of rotatable bonds is 7. The van der Waals surface area contributed by atoms with Gasteiger partial charge in [0.25, 0.3) is 5.91 Å². The Bertz CT molecular complexity index is 1200. The first-order valence-corrected chi connectivity index (χ1v) is 13.4. The second-order valence-electron chi connectivity index (χ2n) is 7.75. The highest BCUT2D eigenvalue weighted by Gasteiger charge is 2.42. The summed E-state index contributed by atoms with van der Waals surface area (Å²) in [4.78, 5) is 17.1. The Kier molecular flexibility index (Phi) is 7.06. The molecule has 2 aliphatic rings. The number of aliphatic imine (C=N–C) groups is 1. The molecular weight excluding hydrogens is 486 g/mol. The number of amidine groups is 1. The van der Waals surface area contributed by atoms with Gasteiger partial charge in [-0.05, 0) is 42.3 Å². The molecule has 2 N–H and O–H groups in total. The third kappa shape index (κ3) is 5.56. The average molecular weight is 510 g/mol. The fraction of sp³-hybridized carbons (Fsp3) is 0.364. The summed E-state index contributed by atoms with van der Waals surface area (Å²) in [6.45, 7) is 0.445. The highest BCUT2D eigenvalue weighted by molar-refractivity contribution is 8.15. The Hall–Kier alpha value is -2.43. The molecule has 33 heavy (non-hydrogen) atoms. The van der Waals surface area contributed by atoms with Crippen LogP contribution in [0.5, 0.6) is 11.5 Å². The Morgan fingerprint density at radius 2 is 1.94 bits per heavy atom. The second-order valence-corrected chi connectivity index (χ2v) is 11.5. The van der Waals surface area contributed by atoms with Crippen LogP contribution in [0.15, 0.2) is 41.4 Å². The van der Waals surface area contributed by atoms with Gasteiger partial charge in [-0.15, -0.1) is 0 Å². The Balaban J connectivity index is 1.36. The Morgan fingerprint density at radius 3 is 2.67 bits per heavy atom. The molecule has 1 saturated heterocycles. The van der Waals surface area contributed by atoms with Gasteiger partial charge in [0.15, 0.2) is 26.5 Å². The average Bonchev–Trinajstić information content (AvgIpc) is 3.27. The summed E-state index contributed by atoms with van der Waals surface area (Å²) in [5, 5.41) is 7.05. The van der Waals surface area contributed by atoms with Gasteiger partial charge in [-0.2, -0.15) is 0 Å². The van der Waals surface area contributed by atoms with Crippen molar-refractivity contribution in [2.75, 3.05) is 37.6 Å². The molecule has 0 unspecified atom stereocenters. The van der Waals surface area contributed by atoms with E-state index in [9.17, 15) is 13.2 Å². The van der Waals surface area contributed by atoms with E-state index in [1.807, 2.05) is 18.2 Å². The second kappa shape index (κ2) is 9.82. The number of nitrogens with zero attached hydrogens (tertiary/aromatic N) is 1. The first kappa shape index (κ1) is 23.7. The van der Waals surface area contributed by atoms with Crippen LogP contribution in [-0.4, -0.2) is 63.1 Å². The predicted octanol–water partition coefficient (Wildman–Crippen LogP) is 3.01. The van der Waals surface area contributed by atoms with E-state index in [1.165, 1.54) is 11.8 Å². The zero-order chi connectivity index (χ0) is 23.6. The van der Waals surface area contributed by atoms with Crippen LogP contribution < -0.4 is 20.1 Å². The number of carbonyl (C=O) groups excluding carboxylic acids is 1. The van der Waals surface area contributed by atoms with Crippen LogP contribution in [0, 0.1) is 0 Å². The molecule has 1 fully saturated rings. The van der Waals surface area contributed by atoms with E-state index in [4.69, 9.17) is 21.1 Å². The van der Waals surface area contributed by atoms with Gasteiger partial charge in [0.05, 0.1) is 42.5 Å². The first-order chi connectivity index (χ1) is 15.8. The van der Waals surface area contributed by atoms with Crippen molar-refractivity contribution in [2.45, 2.75) is 17.7 Å². The highest BCUT2D eigenvalue weighted by atomic mass is 35.5. The number of halogens is 1. The van der Waals surface area contributed by atoms with Gasteiger partial charge in [-0.25, -0.2) is 8.42 Å². The number of hydrogen-bond donors (Lipinski definition) is 2. The van der Waals surface area contributed by atoms with Gasteiger partial charge >= 0.3 is 0 Å². The Morgan fingerprint density at radius 1 is 1.15 bits per heavy atom. The van der Waals surface area contributed by atoms with Crippen LogP contribution >= 0.6 is 23.4 Å². The lowest BCUT2D eigenvalue weighted by molar-refractivity contribution is 0.0954. The van der Waals surface area contributed by atoms with Gasteiger partial charge in [0.2, 0.25) is 0 Å². The molecule has 2 heterocycles.